The molecule has 27 heavy (non-hydrogen) atoms. The summed E-state index contributed by atoms with van der Waals surface area (Å²) < 4.78 is 11.6. The number of carbonyl (C=O) groups is 1. The quantitative estimate of drug-likeness (QED) is 0.495. The van der Waals surface area contributed by atoms with Crippen molar-refractivity contribution < 1.29 is 19.2 Å². The number of fused-ring (bicyclic) bond motifs is 2. The highest BCUT2D eigenvalue weighted by Crippen LogP contribution is 2.43. The zero-order chi connectivity index (χ0) is 19.0. The predicted octanol–water partition coefficient (Wildman–Crippen LogP) is 4.77. The second-order valence-electron chi connectivity index (χ2n) is 5.92. The van der Waals surface area contributed by atoms with Crippen LogP contribution in [0.5, 0.6) is 23.0 Å². The van der Waals surface area contributed by atoms with E-state index >= 15 is 0 Å². The number of nitrogens with zero attached hydrogens (tertiary/aromatic N) is 2. The first kappa shape index (κ1) is 16.6. The lowest BCUT2D eigenvalue weighted by molar-refractivity contribution is -0.385. The fourth-order valence-corrected chi connectivity index (χ4v) is 2.92. The summed E-state index contributed by atoms with van der Waals surface area (Å²) in [7, 11) is 1.55. The Kier molecular flexibility index (Phi) is 3.97. The molecule has 0 bridgehead atoms. The standard InChI is InChI=1S/C20H14N2O5/c1-21-15-9-5-6-10-17(15)27-18-12-14(26-13-7-3-2-4-8-13)11-16(22(24)25)19(18)20(21)23/h2-12H,1H3. The van der Waals surface area contributed by atoms with Crippen LogP contribution in [0.4, 0.5) is 11.4 Å². The average molecular weight is 362 g/mol. The fourth-order valence-electron chi connectivity index (χ4n) is 2.92. The molecule has 3 aromatic rings. The highest BCUT2D eigenvalue weighted by Gasteiger charge is 2.33. The van der Waals surface area contributed by atoms with E-state index in [9.17, 15) is 14.9 Å². The van der Waals surface area contributed by atoms with Gasteiger partial charge in [-0.1, -0.05) is 30.3 Å². The summed E-state index contributed by atoms with van der Waals surface area (Å²) in [5, 5.41) is 11.6. The molecular formula is C20H14N2O5. The van der Waals surface area contributed by atoms with Gasteiger partial charge in [0.1, 0.15) is 11.5 Å². The molecule has 1 heterocycles. The van der Waals surface area contributed by atoms with Gasteiger partial charge in [-0.05, 0) is 24.3 Å². The van der Waals surface area contributed by atoms with Gasteiger partial charge >= 0.3 is 0 Å². The normalized spacial score (nSPS) is 12.5. The van der Waals surface area contributed by atoms with E-state index in [-0.39, 0.29) is 22.7 Å². The van der Waals surface area contributed by atoms with Crippen molar-refractivity contribution in [3.8, 4) is 23.0 Å². The van der Waals surface area contributed by atoms with Gasteiger partial charge in [0.05, 0.1) is 16.7 Å². The summed E-state index contributed by atoms with van der Waals surface area (Å²) in [5.74, 6) is 0.716. The molecule has 7 nitrogen and oxygen atoms in total. The number of ether oxygens (including phenoxy) is 2. The molecule has 0 N–H and O–H groups in total. The van der Waals surface area contributed by atoms with Crippen molar-refractivity contribution >= 4 is 17.3 Å². The Labute approximate surface area is 154 Å². The smallest absolute Gasteiger partial charge is 0.289 e. The second-order valence-corrected chi connectivity index (χ2v) is 5.92. The van der Waals surface area contributed by atoms with Crippen LogP contribution in [0.3, 0.4) is 0 Å². The molecule has 0 radical (unpaired) electrons. The van der Waals surface area contributed by atoms with E-state index in [0.29, 0.717) is 17.2 Å². The molecule has 0 fully saturated rings. The minimum absolute atomic E-state index is 0.0805. The molecule has 1 aliphatic heterocycles. The SMILES string of the molecule is CN1C(=O)c2c(cc(Oc3ccccc3)cc2[N+](=O)[O-])Oc2ccccc21. The molecule has 134 valence electrons. The maximum atomic E-state index is 12.9. The monoisotopic (exact) mass is 362 g/mol. The minimum Gasteiger partial charge on any atom is -0.457 e. The van der Waals surface area contributed by atoms with Crippen LogP contribution in [0.25, 0.3) is 0 Å². The van der Waals surface area contributed by atoms with Crippen molar-refractivity contribution in [3.05, 3.63) is 82.4 Å². The Morgan fingerprint density at radius 2 is 1.67 bits per heavy atom. The zero-order valence-corrected chi connectivity index (χ0v) is 14.3. The van der Waals surface area contributed by atoms with E-state index in [2.05, 4.69) is 0 Å². The molecule has 7 heteroatoms. The first-order valence-corrected chi connectivity index (χ1v) is 8.15. The Bertz CT molecular complexity index is 1050. The molecule has 0 saturated heterocycles. The van der Waals surface area contributed by atoms with Crippen molar-refractivity contribution in [3.63, 3.8) is 0 Å². The van der Waals surface area contributed by atoms with Gasteiger partial charge in [-0.25, -0.2) is 0 Å². The maximum absolute atomic E-state index is 12.9. The summed E-state index contributed by atoms with van der Waals surface area (Å²) >= 11 is 0. The number of para-hydroxylation sites is 3. The zero-order valence-electron chi connectivity index (χ0n) is 14.3. The highest BCUT2D eigenvalue weighted by molar-refractivity contribution is 6.12. The minimum atomic E-state index is -0.609. The number of anilines is 1. The van der Waals surface area contributed by atoms with E-state index < -0.39 is 10.8 Å². The predicted molar refractivity (Wildman–Crippen MR) is 98.9 cm³/mol. The van der Waals surface area contributed by atoms with Gasteiger partial charge in [-0.2, -0.15) is 0 Å². The first-order valence-electron chi connectivity index (χ1n) is 8.15. The molecule has 0 saturated carbocycles. The summed E-state index contributed by atoms with van der Waals surface area (Å²) in [4.78, 5) is 25.3. The fraction of sp³-hybridized carbons (Fsp3) is 0.0500. The van der Waals surface area contributed by atoms with Crippen molar-refractivity contribution in [1.29, 1.82) is 0 Å². The lowest BCUT2D eigenvalue weighted by atomic mass is 10.1. The first-order chi connectivity index (χ1) is 13.0. The number of carbonyl (C=O) groups excluding carboxylic acids is 1. The number of amides is 1. The molecule has 3 aromatic carbocycles. The molecule has 1 aliphatic rings. The van der Waals surface area contributed by atoms with E-state index in [0.717, 1.165) is 0 Å². The van der Waals surface area contributed by atoms with E-state index in [1.165, 1.54) is 17.0 Å². The Hall–Kier alpha value is -3.87. The van der Waals surface area contributed by atoms with Gasteiger partial charge in [0, 0.05) is 13.1 Å². The van der Waals surface area contributed by atoms with Gasteiger partial charge < -0.3 is 14.4 Å². The number of hydrogen-bond acceptors (Lipinski definition) is 5. The number of nitro groups is 1. The molecular weight excluding hydrogens is 348 g/mol. The van der Waals surface area contributed by atoms with Crippen LogP contribution in [0, 0.1) is 10.1 Å². The summed E-state index contributed by atoms with van der Waals surface area (Å²) in [6, 6.07) is 18.5. The van der Waals surface area contributed by atoms with Crippen LogP contribution in [-0.4, -0.2) is 17.9 Å². The summed E-state index contributed by atoms with van der Waals surface area (Å²) in [5.41, 5.74) is 0.0423. The van der Waals surface area contributed by atoms with Gasteiger partial charge in [-0.3, -0.25) is 14.9 Å². The third-order valence-corrected chi connectivity index (χ3v) is 4.20. The Morgan fingerprint density at radius 1 is 0.963 bits per heavy atom. The Morgan fingerprint density at radius 3 is 2.41 bits per heavy atom. The van der Waals surface area contributed by atoms with Crippen molar-refractivity contribution in [2.24, 2.45) is 0 Å². The van der Waals surface area contributed by atoms with E-state index in [1.54, 1.807) is 55.6 Å². The third-order valence-electron chi connectivity index (χ3n) is 4.20. The topological polar surface area (TPSA) is 81.9 Å². The van der Waals surface area contributed by atoms with Gasteiger partial charge in [0.2, 0.25) is 0 Å². The van der Waals surface area contributed by atoms with Crippen LogP contribution < -0.4 is 14.4 Å². The molecule has 0 spiro atoms. The average Bonchev–Trinajstić information content (AvgIpc) is 2.77. The number of benzene rings is 3. The summed E-state index contributed by atoms with van der Waals surface area (Å²) in [6.45, 7) is 0. The lowest BCUT2D eigenvalue weighted by Gasteiger charge is -2.15. The van der Waals surface area contributed by atoms with Crippen molar-refractivity contribution in [1.82, 2.24) is 0 Å². The number of nitro benzene ring substituents is 1. The maximum Gasteiger partial charge on any atom is 0.289 e. The van der Waals surface area contributed by atoms with Gasteiger partial charge in [0.25, 0.3) is 11.6 Å². The highest BCUT2D eigenvalue weighted by atomic mass is 16.6. The van der Waals surface area contributed by atoms with Gasteiger partial charge in [0.15, 0.2) is 17.1 Å². The molecule has 0 aromatic heterocycles. The molecule has 4 rings (SSSR count). The van der Waals surface area contributed by atoms with Crippen LogP contribution in [0.2, 0.25) is 0 Å². The number of rotatable bonds is 3. The molecule has 0 aliphatic carbocycles. The lowest BCUT2D eigenvalue weighted by Crippen LogP contribution is -2.25. The molecule has 0 unspecified atom stereocenters. The van der Waals surface area contributed by atoms with Crippen LogP contribution in [-0.2, 0) is 0 Å². The van der Waals surface area contributed by atoms with Crippen molar-refractivity contribution in [2.45, 2.75) is 0 Å². The van der Waals surface area contributed by atoms with Gasteiger partial charge in [-0.15, -0.1) is 0 Å². The number of hydrogen-bond donors (Lipinski definition) is 0. The second kappa shape index (κ2) is 6.45. The summed E-state index contributed by atoms with van der Waals surface area (Å²) in [6.07, 6.45) is 0. The third kappa shape index (κ3) is 2.95. The molecule has 0 atom stereocenters. The van der Waals surface area contributed by atoms with Crippen molar-refractivity contribution in [2.75, 3.05) is 11.9 Å². The molecule has 1 amide bonds. The van der Waals surface area contributed by atoms with E-state index in [1.807, 2.05) is 6.07 Å². The van der Waals surface area contributed by atoms with Crippen LogP contribution in [0.15, 0.2) is 66.7 Å². The van der Waals surface area contributed by atoms with Crippen LogP contribution >= 0.6 is 0 Å². The van der Waals surface area contributed by atoms with Crippen LogP contribution in [0.1, 0.15) is 10.4 Å². The Balaban J connectivity index is 1.88. The van der Waals surface area contributed by atoms with E-state index in [4.69, 9.17) is 9.47 Å². The largest absolute Gasteiger partial charge is 0.457 e.